The largest absolute Gasteiger partial charge is 0.491 e. The van der Waals surface area contributed by atoms with Crippen LogP contribution in [0.15, 0.2) is 36.4 Å². The van der Waals surface area contributed by atoms with Gasteiger partial charge < -0.3 is 9.84 Å². The fourth-order valence-electron chi connectivity index (χ4n) is 4.78. The summed E-state index contributed by atoms with van der Waals surface area (Å²) in [6.07, 6.45) is 3.55. The molecule has 198 valence electrons. The molecule has 0 aromatic heterocycles. The van der Waals surface area contributed by atoms with Crippen LogP contribution in [0.4, 0.5) is 0 Å². The van der Waals surface area contributed by atoms with E-state index in [0.29, 0.717) is 22.5 Å². The lowest BCUT2D eigenvalue weighted by Gasteiger charge is -2.32. The number of carboxylic acids is 1. The predicted molar refractivity (Wildman–Crippen MR) is 142 cm³/mol. The van der Waals surface area contributed by atoms with Crippen LogP contribution in [0.3, 0.4) is 0 Å². The van der Waals surface area contributed by atoms with Gasteiger partial charge in [-0.05, 0) is 60.1 Å². The third kappa shape index (κ3) is 7.24. The van der Waals surface area contributed by atoms with Crippen LogP contribution in [0.25, 0.3) is 0 Å². The molecular formula is C28H32Cl2N2O5. The molecule has 1 N–H and O–H groups in total. The van der Waals surface area contributed by atoms with Crippen molar-refractivity contribution in [1.82, 2.24) is 9.80 Å². The molecule has 2 amide bonds. The SMILES string of the molecule is CCc1cc(CN(CC2CC2)C(CC(=O)O)c2ccc(Cl)c(Cl)c2)ccc1OCCN1C(=O)CCC1=O. The molecule has 1 heterocycles. The van der Waals surface area contributed by atoms with E-state index in [9.17, 15) is 19.5 Å². The topological polar surface area (TPSA) is 87.2 Å². The Balaban J connectivity index is 1.50. The van der Waals surface area contributed by atoms with Gasteiger partial charge >= 0.3 is 5.97 Å². The van der Waals surface area contributed by atoms with Crippen LogP contribution < -0.4 is 4.74 Å². The number of halogens is 2. The number of carboxylic acid groups (broad SMARTS) is 1. The summed E-state index contributed by atoms with van der Waals surface area (Å²) in [6.45, 7) is 3.92. The van der Waals surface area contributed by atoms with Crippen LogP contribution in [-0.2, 0) is 27.3 Å². The van der Waals surface area contributed by atoms with Gasteiger partial charge in [0, 0.05) is 32.0 Å². The summed E-state index contributed by atoms with van der Waals surface area (Å²) < 4.78 is 5.95. The average Bonchev–Trinajstić information content (AvgIpc) is 3.63. The maximum atomic E-state index is 11.8. The number of carbonyl (C=O) groups is 3. The number of aliphatic carboxylic acids is 1. The minimum Gasteiger partial charge on any atom is -0.491 e. The summed E-state index contributed by atoms with van der Waals surface area (Å²) in [5.74, 6) is 0.125. The zero-order valence-corrected chi connectivity index (χ0v) is 22.4. The van der Waals surface area contributed by atoms with Gasteiger partial charge in [-0.1, -0.05) is 48.3 Å². The van der Waals surface area contributed by atoms with Crippen molar-refractivity contribution in [1.29, 1.82) is 0 Å². The molecule has 0 spiro atoms. The van der Waals surface area contributed by atoms with Crippen molar-refractivity contribution in [3.8, 4) is 5.75 Å². The monoisotopic (exact) mass is 546 g/mol. The highest BCUT2D eigenvalue weighted by Gasteiger charge is 2.31. The molecule has 1 aliphatic carbocycles. The summed E-state index contributed by atoms with van der Waals surface area (Å²) in [6, 6.07) is 11.0. The van der Waals surface area contributed by atoms with Crippen LogP contribution in [0.2, 0.25) is 10.0 Å². The van der Waals surface area contributed by atoms with Crippen LogP contribution in [-0.4, -0.2) is 52.4 Å². The second-order valence-electron chi connectivity index (χ2n) is 9.74. The van der Waals surface area contributed by atoms with Gasteiger partial charge in [-0.25, -0.2) is 0 Å². The molecule has 2 aromatic carbocycles. The van der Waals surface area contributed by atoms with Gasteiger partial charge in [0.05, 0.1) is 23.0 Å². The number of hydrogen-bond donors (Lipinski definition) is 1. The fraction of sp³-hybridized carbons (Fsp3) is 0.464. The molecule has 2 aromatic rings. The molecular weight excluding hydrogens is 515 g/mol. The Labute approximate surface area is 227 Å². The second kappa shape index (κ2) is 12.3. The van der Waals surface area contributed by atoms with E-state index in [0.717, 1.165) is 48.2 Å². The van der Waals surface area contributed by atoms with Crippen molar-refractivity contribution in [2.24, 2.45) is 5.92 Å². The number of amides is 2. The number of imide groups is 1. The Bertz CT molecular complexity index is 1150. The van der Waals surface area contributed by atoms with Gasteiger partial charge in [-0.2, -0.15) is 0 Å². The number of aryl methyl sites for hydroxylation is 1. The second-order valence-corrected chi connectivity index (χ2v) is 10.6. The predicted octanol–water partition coefficient (Wildman–Crippen LogP) is 5.51. The van der Waals surface area contributed by atoms with E-state index in [1.54, 1.807) is 12.1 Å². The molecule has 4 rings (SSSR count). The number of likely N-dealkylation sites (tertiary alicyclic amines) is 1. The van der Waals surface area contributed by atoms with E-state index in [1.165, 1.54) is 4.90 Å². The van der Waals surface area contributed by atoms with Crippen molar-refractivity contribution < 1.29 is 24.2 Å². The molecule has 9 heteroatoms. The molecule has 1 unspecified atom stereocenters. The van der Waals surface area contributed by atoms with E-state index in [1.807, 2.05) is 25.1 Å². The normalized spacial score (nSPS) is 16.5. The number of ether oxygens (including phenoxy) is 1. The number of benzene rings is 2. The maximum absolute atomic E-state index is 11.8. The Morgan fingerprint density at radius 2 is 1.84 bits per heavy atom. The Morgan fingerprint density at radius 1 is 1.11 bits per heavy atom. The minimum absolute atomic E-state index is 0.0412. The van der Waals surface area contributed by atoms with Gasteiger partial charge in [-0.15, -0.1) is 0 Å². The van der Waals surface area contributed by atoms with E-state index < -0.39 is 5.97 Å². The standard InChI is InChI=1S/C28H32Cl2N2O5/c1-2-20-13-19(5-8-25(20)37-12-11-32-26(33)9-10-27(32)34)17-31(16-18-3-4-18)24(15-28(35)36)21-6-7-22(29)23(30)14-21/h5-8,13-14,18,24H,2-4,9-12,15-17H2,1H3,(H,35,36). The van der Waals surface area contributed by atoms with Crippen molar-refractivity contribution in [3.63, 3.8) is 0 Å². The smallest absolute Gasteiger partial charge is 0.305 e. The molecule has 7 nitrogen and oxygen atoms in total. The average molecular weight is 547 g/mol. The van der Waals surface area contributed by atoms with E-state index in [2.05, 4.69) is 11.0 Å². The van der Waals surface area contributed by atoms with Crippen LogP contribution in [0, 0.1) is 5.92 Å². The van der Waals surface area contributed by atoms with Crippen LogP contribution in [0.5, 0.6) is 5.75 Å². The highest BCUT2D eigenvalue weighted by Crippen LogP contribution is 2.37. The van der Waals surface area contributed by atoms with Gasteiger partial charge in [0.15, 0.2) is 0 Å². The molecule has 0 bridgehead atoms. The Hall–Kier alpha value is -2.61. The van der Waals surface area contributed by atoms with Crippen molar-refractivity contribution in [2.75, 3.05) is 19.7 Å². The lowest BCUT2D eigenvalue weighted by Crippen LogP contribution is -2.33. The fourth-order valence-corrected chi connectivity index (χ4v) is 5.09. The zero-order valence-electron chi connectivity index (χ0n) is 20.9. The van der Waals surface area contributed by atoms with Crippen LogP contribution in [0.1, 0.15) is 61.8 Å². The third-order valence-corrected chi connectivity index (χ3v) is 7.68. The molecule has 0 radical (unpaired) electrons. The van der Waals surface area contributed by atoms with Crippen molar-refractivity contribution in [3.05, 3.63) is 63.1 Å². The molecule has 2 aliphatic rings. The van der Waals surface area contributed by atoms with Gasteiger partial charge in [-0.3, -0.25) is 24.2 Å². The Kier molecular flexibility index (Phi) is 9.11. The minimum atomic E-state index is -0.871. The summed E-state index contributed by atoms with van der Waals surface area (Å²) in [5.41, 5.74) is 2.91. The molecule has 37 heavy (non-hydrogen) atoms. The Morgan fingerprint density at radius 3 is 2.46 bits per heavy atom. The van der Waals surface area contributed by atoms with Gasteiger partial charge in [0.1, 0.15) is 12.4 Å². The number of nitrogens with zero attached hydrogens (tertiary/aromatic N) is 2. The van der Waals surface area contributed by atoms with Gasteiger partial charge in [0.25, 0.3) is 0 Å². The van der Waals surface area contributed by atoms with Crippen molar-refractivity contribution >= 4 is 41.0 Å². The number of rotatable bonds is 13. The first-order chi connectivity index (χ1) is 17.7. The number of hydrogen-bond acceptors (Lipinski definition) is 5. The van der Waals surface area contributed by atoms with Crippen LogP contribution >= 0.6 is 23.2 Å². The number of carbonyl (C=O) groups excluding carboxylic acids is 2. The maximum Gasteiger partial charge on any atom is 0.305 e. The van der Waals surface area contributed by atoms with E-state index in [-0.39, 0.29) is 50.3 Å². The molecule has 1 atom stereocenters. The lowest BCUT2D eigenvalue weighted by molar-refractivity contribution is -0.140. The summed E-state index contributed by atoms with van der Waals surface area (Å²) in [5, 5.41) is 10.5. The first-order valence-corrected chi connectivity index (χ1v) is 13.5. The third-order valence-electron chi connectivity index (χ3n) is 6.95. The lowest BCUT2D eigenvalue weighted by atomic mass is 9.99. The van der Waals surface area contributed by atoms with E-state index in [4.69, 9.17) is 27.9 Å². The molecule has 2 fully saturated rings. The first kappa shape index (κ1) is 27.4. The molecule has 1 saturated carbocycles. The van der Waals surface area contributed by atoms with Crippen molar-refractivity contribution in [2.45, 2.75) is 58.0 Å². The summed E-state index contributed by atoms with van der Waals surface area (Å²) in [7, 11) is 0. The summed E-state index contributed by atoms with van der Waals surface area (Å²) >= 11 is 12.4. The zero-order chi connectivity index (χ0) is 26.5. The highest BCUT2D eigenvalue weighted by atomic mass is 35.5. The first-order valence-electron chi connectivity index (χ1n) is 12.7. The molecule has 1 saturated heterocycles. The molecule has 1 aliphatic heterocycles. The van der Waals surface area contributed by atoms with E-state index >= 15 is 0 Å². The highest BCUT2D eigenvalue weighted by molar-refractivity contribution is 6.42. The van der Waals surface area contributed by atoms with Gasteiger partial charge in [0.2, 0.25) is 11.8 Å². The summed E-state index contributed by atoms with van der Waals surface area (Å²) in [4.78, 5) is 39.0. The quantitative estimate of drug-likeness (QED) is 0.333.